The van der Waals surface area contributed by atoms with E-state index in [1.54, 1.807) is 11.3 Å². The second-order valence-corrected chi connectivity index (χ2v) is 6.47. The molecule has 0 radical (unpaired) electrons. The Labute approximate surface area is 115 Å². The van der Waals surface area contributed by atoms with Crippen LogP contribution in [0.4, 0.5) is 0 Å². The molecule has 0 fully saturated rings. The third kappa shape index (κ3) is 4.26. The van der Waals surface area contributed by atoms with Crippen molar-refractivity contribution in [3.05, 3.63) is 56.2 Å². The Bertz CT molecular complexity index is 479. The predicted octanol–water partition coefficient (Wildman–Crippen LogP) is 4.15. The molecule has 2 aromatic rings. The van der Waals surface area contributed by atoms with E-state index in [2.05, 4.69) is 63.9 Å². The molecule has 90 valence electrons. The quantitative estimate of drug-likeness (QED) is 0.818. The monoisotopic (exact) mass is 309 g/mol. The number of rotatable bonds is 5. The van der Waals surface area contributed by atoms with Crippen molar-refractivity contribution in [1.82, 2.24) is 5.32 Å². The highest BCUT2D eigenvalue weighted by atomic mass is 79.9. The minimum atomic E-state index is 0.952. The van der Waals surface area contributed by atoms with Gasteiger partial charge < -0.3 is 5.32 Å². The summed E-state index contributed by atoms with van der Waals surface area (Å²) in [6.07, 6.45) is 1.09. The lowest BCUT2D eigenvalue weighted by molar-refractivity contribution is 0.688. The van der Waals surface area contributed by atoms with Crippen molar-refractivity contribution < 1.29 is 0 Å². The fraction of sp³-hybridized carbons (Fsp3) is 0.286. The van der Waals surface area contributed by atoms with Crippen molar-refractivity contribution in [2.75, 3.05) is 6.54 Å². The van der Waals surface area contributed by atoms with Gasteiger partial charge >= 0.3 is 0 Å². The molecule has 0 saturated heterocycles. The molecule has 2 rings (SSSR count). The second kappa shape index (κ2) is 6.34. The Kier molecular flexibility index (Phi) is 4.77. The largest absolute Gasteiger partial charge is 0.312 e. The van der Waals surface area contributed by atoms with Gasteiger partial charge in [0.15, 0.2) is 0 Å². The van der Waals surface area contributed by atoms with E-state index in [4.69, 9.17) is 0 Å². The van der Waals surface area contributed by atoms with E-state index in [0.717, 1.165) is 19.5 Å². The van der Waals surface area contributed by atoms with E-state index in [9.17, 15) is 0 Å². The first kappa shape index (κ1) is 12.8. The normalized spacial score (nSPS) is 10.7. The zero-order valence-electron chi connectivity index (χ0n) is 9.87. The van der Waals surface area contributed by atoms with Crippen LogP contribution in [-0.4, -0.2) is 6.54 Å². The molecule has 1 aromatic carbocycles. The molecule has 0 spiro atoms. The summed E-state index contributed by atoms with van der Waals surface area (Å²) in [6, 6.07) is 10.9. The number of nitrogens with one attached hydrogen (secondary N) is 1. The summed E-state index contributed by atoms with van der Waals surface area (Å²) in [7, 11) is 0. The van der Waals surface area contributed by atoms with Gasteiger partial charge in [0.1, 0.15) is 0 Å². The molecule has 1 heterocycles. The molecule has 0 bridgehead atoms. The Morgan fingerprint density at radius 1 is 1.24 bits per heavy atom. The van der Waals surface area contributed by atoms with Crippen LogP contribution in [0.15, 0.2) is 39.5 Å². The molecule has 0 aliphatic rings. The fourth-order valence-corrected chi connectivity index (χ4v) is 2.98. The summed E-state index contributed by atoms with van der Waals surface area (Å²) in [6.45, 7) is 4.12. The molecule has 0 amide bonds. The standard InChI is InChI=1S/C14H16BrNS/c1-11-3-2-4-12(7-11)5-6-16-9-13-8-14(15)17-10-13/h2-4,7-8,10,16H,5-6,9H2,1H3. The van der Waals surface area contributed by atoms with Crippen molar-refractivity contribution in [1.29, 1.82) is 0 Å². The Morgan fingerprint density at radius 2 is 2.12 bits per heavy atom. The second-order valence-electron chi connectivity index (χ2n) is 4.17. The lowest BCUT2D eigenvalue weighted by Crippen LogP contribution is -2.16. The highest BCUT2D eigenvalue weighted by Crippen LogP contribution is 2.20. The van der Waals surface area contributed by atoms with Crippen molar-refractivity contribution >= 4 is 27.3 Å². The van der Waals surface area contributed by atoms with Gasteiger partial charge in [-0.3, -0.25) is 0 Å². The van der Waals surface area contributed by atoms with E-state index in [1.807, 2.05) is 0 Å². The molecule has 17 heavy (non-hydrogen) atoms. The molecule has 0 aliphatic carbocycles. The number of hydrogen-bond donors (Lipinski definition) is 1. The van der Waals surface area contributed by atoms with Gasteiger partial charge in [0, 0.05) is 6.54 Å². The predicted molar refractivity (Wildman–Crippen MR) is 78.6 cm³/mol. The maximum Gasteiger partial charge on any atom is 0.0701 e. The highest BCUT2D eigenvalue weighted by molar-refractivity contribution is 9.11. The minimum absolute atomic E-state index is 0.952. The summed E-state index contributed by atoms with van der Waals surface area (Å²) in [5, 5.41) is 5.65. The van der Waals surface area contributed by atoms with Crippen molar-refractivity contribution in [2.45, 2.75) is 19.9 Å². The average Bonchev–Trinajstić information content (AvgIpc) is 2.71. The first-order chi connectivity index (χ1) is 8.24. The average molecular weight is 310 g/mol. The summed E-state index contributed by atoms with van der Waals surface area (Å²) < 4.78 is 1.20. The molecule has 1 nitrogen and oxygen atoms in total. The molecule has 3 heteroatoms. The molecule has 0 saturated carbocycles. The molecule has 0 aliphatic heterocycles. The number of thiophene rings is 1. The first-order valence-corrected chi connectivity index (χ1v) is 7.40. The zero-order chi connectivity index (χ0) is 12.1. The van der Waals surface area contributed by atoms with Crippen LogP contribution in [0.2, 0.25) is 0 Å². The fourth-order valence-electron chi connectivity index (χ4n) is 1.77. The van der Waals surface area contributed by atoms with Crippen LogP contribution in [0.5, 0.6) is 0 Å². The summed E-state index contributed by atoms with van der Waals surface area (Å²) in [5.41, 5.74) is 4.10. The van der Waals surface area contributed by atoms with Gasteiger partial charge in [-0.1, -0.05) is 29.8 Å². The Hall–Kier alpha value is -0.640. The number of benzene rings is 1. The van der Waals surface area contributed by atoms with Crippen LogP contribution >= 0.6 is 27.3 Å². The molecule has 0 atom stereocenters. The van der Waals surface area contributed by atoms with E-state index < -0.39 is 0 Å². The van der Waals surface area contributed by atoms with E-state index in [0.29, 0.717) is 0 Å². The third-order valence-electron chi connectivity index (χ3n) is 2.62. The van der Waals surface area contributed by atoms with Crippen LogP contribution in [0.25, 0.3) is 0 Å². The van der Waals surface area contributed by atoms with E-state index >= 15 is 0 Å². The summed E-state index contributed by atoms with van der Waals surface area (Å²) in [4.78, 5) is 0. The van der Waals surface area contributed by atoms with Crippen LogP contribution in [0.1, 0.15) is 16.7 Å². The number of aryl methyl sites for hydroxylation is 1. The zero-order valence-corrected chi connectivity index (χ0v) is 12.3. The SMILES string of the molecule is Cc1cccc(CCNCc2csc(Br)c2)c1. The summed E-state index contributed by atoms with van der Waals surface area (Å²) >= 11 is 5.21. The highest BCUT2D eigenvalue weighted by Gasteiger charge is 1.97. The smallest absolute Gasteiger partial charge is 0.0701 e. The minimum Gasteiger partial charge on any atom is -0.312 e. The van der Waals surface area contributed by atoms with Gasteiger partial charge in [-0.15, -0.1) is 11.3 Å². The van der Waals surface area contributed by atoms with Gasteiger partial charge in [-0.25, -0.2) is 0 Å². The molecule has 0 unspecified atom stereocenters. The van der Waals surface area contributed by atoms with Crippen molar-refractivity contribution in [2.24, 2.45) is 0 Å². The molecular formula is C14H16BrNS. The topological polar surface area (TPSA) is 12.0 Å². The Balaban J connectivity index is 1.73. The van der Waals surface area contributed by atoms with Gasteiger partial charge in [0.2, 0.25) is 0 Å². The van der Waals surface area contributed by atoms with Crippen LogP contribution < -0.4 is 5.32 Å². The van der Waals surface area contributed by atoms with Gasteiger partial charge in [-0.05, 0) is 58.4 Å². The van der Waals surface area contributed by atoms with Crippen LogP contribution in [0, 0.1) is 6.92 Å². The Morgan fingerprint density at radius 3 is 2.82 bits per heavy atom. The summed E-state index contributed by atoms with van der Waals surface area (Å²) in [5.74, 6) is 0. The maximum atomic E-state index is 3.48. The third-order valence-corrected chi connectivity index (χ3v) is 4.18. The van der Waals surface area contributed by atoms with Crippen LogP contribution in [-0.2, 0) is 13.0 Å². The van der Waals surface area contributed by atoms with Crippen molar-refractivity contribution in [3.8, 4) is 0 Å². The number of halogens is 1. The first-order valence-electron chi connectivity index (χ1n) is 5.73. The van der Waals surface area contributed by atoms with Crippen LogP contribution in [0.3, 0.4) is 0 Å². The number of hydrogen-bond acceptors (Lipinski definition) is 2. The van der Waals surface area contributed by atoms with Gasteiger partial charge in [-0.2, -0.15) is 0 Å². The molecule has 1 aromatic heterocycles. The van der Waals surface area contributed by atoms with Gasteiger partial charge in [0.05, 0.1) is 3.79 Å². The van der Waals surface area contributed by atoms with E-state index in [-0.39, 0.29) is 0 Å². The molecule has 1 N–H and O–H groups in total. The van der Waals surface area contributed by atoms with E-state index in [1.165, 1.54) is 20.5 Å². The maximum absolute atomic E-state index is 3.48. The van der Waals surface area contributed by atoms with Crippen molar-refractivity contribution in [3.63, 3.8) is 0 Å². The lowest BCUT2D eigenvalue weighted by atomic mass is 10.1. The lowest BCUT2D eigenvalue weighted by Gasteiger charge is -2.04. The van der Waals surface area contributed by atoms with Gasteiger partial charge in [0.25, 0.3) is 0 Å². The molecular weight excluding hydrogens is 294 g/mol.